The lowest BCUT2D eigenvalue weighted by atomic mass is 10.0. The molecule has 1 fully saturated rings. The minimum absolute atomic E-state index is 0.0403. The monoisotopic (exact) mass is 331 g/mol. The summed E-state index contributed by atoms with van der Waals surface area (Å²) >= 11 is 0. The number of hydrogen-bond acceptors (Lipinski definition) is 4. The van der Waals surface area contributed by atoms with E-state index in [1.54, 1.807) is 11.0 Å². The molecule has 24 heavy (non-hydrogen) atoms. The Morgan fingerprint density at radius 3 is 2.46 bits per heavy atom. The molecular weight excluding hydrogens is 306 g/mol. The number of methoxy groups -OCH3 is 1. The first kappa shape index (κ1) is 18.0. The largest absolute Gasteiger partial charge is 0.466 e. The molecule has 0 bridgehead atoms. The van der Waals surface area contributed by atoms with Crippen LogP contribution in [0, 0.1) is 0 Å². The Morgan fingerprint density at radius 2 is 1.88 bits per heavy atom. The number of amides is 1. The zero-order valence-corrected chi connectivity index (χ0v) is 14.7. The first-order chi connectivity index (χ1) is 11.3. The van der Waals surface area contributed by atoms with Crippen molar-refractivity contribution in [3.05, 3.63) is 41.5 Å². The Hall–Kier alpha value is -2.30. The standard InChI is InChI=1S/C19H25NO4/c1-19(2,3)24-18(22)20-13-5-6-16(20)15-10-7-14(8-11-15)9-12-17(21)23-4/h7-12,16H,5-6,13H2,1-4H3/b12-9+/t16-/m1/s1. The van der Waals surface area contributed by atoms with Crippen LogP contribution in [0.3, 0.4) is 0 Å². The molecule has 1 saturated heterocycles. The molecule has 1 aliphatic rings. The van der Waals surface area contributed by atoms with Gasteiger partial charge in [0.25, 0.3) is 0 Å². The molecular formula is C19H25NO4. The van der Waals surface area contributed by atoms with Crippen LogP contribution in [0.15, 0.2) is 30.3 Å². The lowest BCUT2D eigenvalue weighted by Gasteiger charge is -2.28. The highest BCUT2D eigenvalue weighted by molar-refractivity contribution is 5.86. The maximum Gasteiger partial charge on any atom is 0.410 e. The summed E-state index contributed by atoms with van der Waals surface area (Å²) in [4.78, 5) is 25.3. The molecule has 5 nitrogen and oxygen atoms in total. The molecule has 0 aromatic heterocycles. The highest BCUT2D eigenvalue weighted by atomic mass is 16.6. The highest BCUT2D eigenvalue weighted by Crippen LogP contribution is 2.33. The quantitative estimate of drug-likeness (QED) is 0.622. The fourth-order valence-corrected chi connectivity index (χ4v) is 2.71. The Bertz CT molecular complexity index is 613. The van der Waals surface area contributed by atoms with Gasteiger partial charge in [-0.15, -0.1) is 0 Å². The van der Waals surface area contributed by atoms with Gasteiger partial charge in [-0.3, -0.25) is 0 Å². The fraction of sp³-hybridized carbons (Fsp3) is 0.474. The first-order valence-electron chi connectivity index (χ1n) is 8.16. The summed E-state index contributed by atoms with van der Waals surface area (Å²) in [6.45, 7) is 6.33. The van der Waals surface area contributed by atoms with Gasteiger partial charge in [-0.1, -0.05) is 24.3 Å². The molecule has 130 valence electrons. The predicted molar refractivity (Wildman–Crippen MR) is 92.4 cm³/mol. The molecule has 2 rings (SSSR count). The summed E-state index contributed by atoms with van der Waals surface area (Å²) in [5, 5.41) is 0. The minimum atomic E-state index is -0.493. The smallest absolute Gasteiger partial charge is 0.410 e. The van der Waals surface area contributed by atoms with Crippen LogP contribution in [-0.2, 0) is 14.3 Å². The van der Waals surface area contributed by atoms with E-state index in [1.165, 1.54) is 13.2 Å². The van der Waals surface area contributed by atoms with E-state index in [2.05, 4.69) is 4.74 Å². The molecule has 0 spiro atoms. The maximum absolute atomic E-state index is 12.4. The minimum Gasteiger partial charge on any atom is -0.466 e. The zero-order chi connectivity index (χ0) is 17.7. The Morgan fingerprint density at radius 1 is 1.21 bits per heavy atom. The molecule has 0 N–H and O–H groups in total. The highest BCUT2D eigenvalue weighted by Gasteiger charge is 2.32. The lowest BCUT2D eigenvalue weighted by molar-refractivity contribution is -0.134. The van der Waals surface area contributed by atoms with Crippen molar-refractivity contribution < 1.29 is 19.1 Å². The number of hydrogen-bond donors (Lipinski definition) is 0. The van der Waals surface area contributed by atoms with Crippen molar-refractivity contribution in [2.75, 3.05) is 13.7 Å². The van der Waals surface area contributed by atoms with Crippen LogP contribution in [0.2, 0.25) is 0 Å². The predicted octanol–water partition coefficient (Wildman–Crippen LogP) is 3.94. The third-order valence-electron chi connectivity index (χ3n) is 3.82. The van der Waals surface area contributed by atoms with Crippen molar-refractivity contribution in [1.29, 1.82) is 0 Å². The summed E-state index contributed by atoms with van der Waals surface area (Å²) in [6, 6.07) is 7.88. The van der Waals surface area contributed by atoms with Gasteiger partial charge < -0.3 is 14.4 Å². The van der Waals surface area contributed by atoms with E-state index in [0.717, 1.165) is 24.0 Å². The van der Waals surface area contributed by atoms with Gasteiger partial charge in [0.1, 0.15) is 5.60 Å². The van der Waals surface area contributed by atoms with Crippen LogP contribution in [-0.4, -0.2) is 36.2 Å². The summed E-state index contributed by atoms with van der Waals surface area (Å²) in [7, 11) is 1.35. The van der Waals surface area contributed by atoms with Crippen molar-refractivity contribution in [3.8, 4) is 0 Å². The average Bonchev–Trinajstić information content (AvgIpc) is 3.01. The van der Waals surface area contributed by atoms with E-state index in [9.17, 15) is 9.59 Å². The van der Waals surface area contributed by atoms with Crippen molar-refractivity contribution in [2.24, 2.45) is 0 Å². The number of ether oxygens (including phenoxy) is 2. The Kier molecular flexibility index (Phi) is 5.65. The van der Waals surface area contributed by atoms with Crippen molar-refractivity contribution >= 4 is 18.1 Å². The van der Waals surface area contributed by atoms with Gasteiger partial charge in [0.2, 0.25) is 0 Å². The van der Waals surface area contributed by atoms with Gasteiger partial charge in [-0.05, 0) is 50.8 Å². The van der Waals surface area contributed by atoms with E-state index in [0.29, 0.717) is 6.54 Å². The van der Waals surface area contributed by atoms with Crippen LogP contribution in [0.1, 0.15) is 50.8 Å². The van der Waals surface area contributed by atoms with Crippen molar-refractivity contribution in [3.63, 3.8) is 0 Å². The van der Waals surface area contributed by atoms with E-state index in [-0.39, 0.29) is 18.1 Å². The molecule has 1 heterocycles. The summed E-state index contributed by atoms with van der Waals surface area (Å²) in [5.41, 5.74) is 1.49. The van der Waals surface area contributed by atoms with Crippen LogP contribution in [0.5, 0.6) is 0 Å². The summed E-state index contributed by atoms with van der Waals surface area (Å²) in [5.74, 6) is -0.383. The number of carbonyl (C=O) groups excluding carboxylic acids is 2. The lowest BCUT2D eigenvalue weighted by Crippen LogP contribution is -2.36. The van der Waals surface area contributed by atoms with E-state index in [4.69, 9.17) is 4.74 Å². The molecule has 0 unspecified atom stereocenters. The molecule has 1 amide bonds. The summed E-state index contributed by atoms with van der Waals surface area (Å²) in [6.07, 6.45) is 4.72. The second-order valence-corrected chi connectivity index (χ2v) is 6.85. The number of likely N-dealkylation sites (tertiary alicyclic amines) is 1. The third kappa shape index (κ3) is 4.85. The van der Waals surface area contributed by atoms with Gasteiger partial charge in [0.15, 0.2) is 0 Å². The molecule has 1 aliphatic heterocycles. The van der Waals surface area contributed by atoms with E-state index >= 15 is 0 Å². The Balaban J connectivity index is 2.08. The Labute approximate surface area is 143 Å². The molecule has 0 saturated carbocycles. The molecule has 1 atom stereocenters. The number of rotatable bonds is 3. The fourth-order valence-electron chi connectivity index (χ4n) is 2.71. The topological polar surface area (TPSA) is 55.8 Å². The number of esters is 1. The van der Waals surface area contributed by atoms with Gasteiger partial charge in [0.05, 0.1) is 13.2 Å². The number of nitrogens with zero attached hydrogens (tertiary/aromatic N) is 1. The van der Waals surface area contributed by atoms with E-state index < -0.39 is 5.60 Å². The SMILES string of the molecule is COC(=O)/C=C/c1ccc([C@H]2CCCN2C(=O)OC(C)(C)C)cc1. The van der Waals surface area contributed by atoms with Crippen molar-refractivity contribution in [1.82, 2.24) is 4.90 Å². The van der Waals surface area contributed by atoms with Gasteiger partial charge in [-0.2, -0.15) is 0 Å². The molecule has 1 aromatic rings. The van der Waals surface area contributed by atoms with Crippen LogP contribution < -0.4 is 0 Å². The second kappa shape index (κ2) is 7.51. The molecule has 1 aromatic carbocycles. The van der Waals surface area contributed by atoms with Gasteiger partial charge in [-0.25, -0.2) is 9.59 Å². The summed E-state index contributed by atoms with van der Waals surface area (Å²) < 4.78 is 10.1. The number of benzene rings is 1. The van der Waals surface area contributed by atoms with Gasteiger partial charge in [0, 0.05) is 12.6 Å². The van der Waals surface area contributed by atoms with E-state index in [1.807, 2.05) is 45.0 Å². The van der Waals surface area contributed by atoms with Gasteiger partial charge >= 0.3 is 12.1 Å². The molecule has 0 aliphatic carbocycles. The van der Waals surface area contributed by atoms with Crippen molar-refractivity contribution in [2.45, 2.75) is 45.3 Å². The number of carbonyl (C=O) groups is 2. The van der Waals surface area contributed by atoms with Crippen LogP contribution in [0.25, 0.3) is 6.08 Å². The van der Waals surface area contributed by atoms with Crippen LogP contribution in [0.4, 0.5) is 4.79 Å². The van der Waals surface area contributed by atoms with Crippen LogP contribution >= 0.6 is 0 Å². The first-order valence-corrected chi connectivity index (χ1v) is 8.16. The zero-order valence-electron chi connectivity index (χ0n) is 14.7. The average molecular weight is 331 g/mol. The second-order valence-electron chi connectivity index (χ2n) is 6.85. The third-order valence-corrected chi connectivity index (χ3v) is 3.82. The molecule has 0 radical (unpaired) electrons. The maximum atomic E-state index is 12.4. The normalized spacial score (nSPS) is 18.0. The molecule has 5 heteroatoms.